The number of pyridine rings is 1. The van der Waals surface area contributed by atoms with Gasteiger partial charge < -0.3 is 10.4 Å². The fourth-order valence-corrected chi connectivity index (χ4v) is 1.75. The zero-order valence-corrected chi connectivity index (χ0v) is 10.6. The van der Waals surface area contributed by atoms with Gasteiger partial charge in [0.15, 0.2) is 0 Å². The fourth-order valence-electron chi connectivity index (χ4n) is 1.75. The number of halogens is 1. The fraction of sp³-hybridized carbons (Fsp3) is 0.0714. The number of carboxylic acids is 1. The molecule has 1 aromatic heterocycles. The topological polar surface area (TPSA) is 79.3 Å². The number of carboxylic acid groups (broad SMARTS) is 1. The van der Waals surface area contributed by atoms with Gasteiger partial charge in [-0.1, -0.05) is 12.1 Å². The number of amides is 1. The monoisotopic (exact) mass is 274 g/mol. The lowest BCUT2D eigenvalue weighted by Crippen LogP contribution is -2.16. The van der Waals surface area contributed by atoms with Crippen molar-refractivity contribution in [3.63, 3.8) is 0 Å². The Kier molecular flexibility index (Phi) is 3.74. The molecule has 0 aliphatic carbocycles. The number of aromatic carboxylic acids is 1. The molecule has 5 nitrogen and oxygen atoms in total. The molecule has 0 fully saturated rings. The van der Waals surface area contributed by atoms with Crippen LogP contribution in [0.2, 0.25) is 0 Å². The summed E-state index contributed by atoms with van der Waals surface area (Å²) in [6.45, 7) is 1.63. The van der Waals surface area contributed by atoms with Gasteiger partial charge in [0.1, 0.15) is 11.5 Å². The number of carbonyl (C=O) groups excluding carboxylic acids is 1. The largest absolute Gasteiger partial charge is 0.478 e. The van der Waals surface area contributed by atoms with Gasteiger partial charge in [-0.05, 0) is 30.7 Å². The zero-order chi connectivity index (χ0) is 14.7. The van der Waals surface area contributed by atoms with Gasteiger partial charge in [-0.15, -0.1) is 0 Å². The number of benzene rings is 1. The van der Waals surface area contributed by atoms with Crippen molar-refractivity contribution in [3.05, 3.63) is 59.2 Å². The van der Waals surface area contributed by atoms with Crippen LogP contribution < -0.4 is 5.32 Å². The summed E-state index contributed by atoms with van der Waals surface area (Å²) in [4.78, 5) is 26.7. The van der Waals surface area contributed by atoms with Gasteiger partial charge in [0.25, 0.3) is 5.91 Å². The van der Waals surface area contributed by atoms with E-state index in [2.05, 4.69) is 10.3 Å². The summed E-state index contributed by atoms with van der Waals surface area (Å²) in [6.07, 6.45) is 0.920. The minimum atomic E-state index is -1.13. The van der Waals surface area contributed by atoms with Crippen LogP contribution in [0.15, 0.2) is 36.5 Å². The summed E-state index contributed by atoms with van der Waals surface area (Å²) in [6, 6.07) is 7.08. The smallest absolute Gasteiger partial charge is 0.338 e. The van der Waals surface area contributed by atoms with Crippen molar-refractivity contribution < 1.29 is 19.1 Å². The molecular formula is C14H11FN2O3. The molecule has 1 aromatic carbocycles. The van der Waals surface area contributed by atoms with Crippen molar-refractivity contribution in [2.75, 3.05) is 5.32 Å². The van der Waals surface area contributed by atoms with E-state index in [1.54, 1.807) is 19.1 Å². The van der Waals surface area contributed by atoms with Crippen LogP contribution in [-0.2, 0) is 0 Å². The van der Waals surface area contributed by atoms with Crippen molar-refractivity contribution >= 4 is 17.6 Å². The first-order valence-corrected chi connectivity index (χ1v) is 5.75. The van der Waals surface area contributed by atoms with Crippen LogP contribution in [0.4, 0.5) is 10.1 Å². The summed E-state index contributed by atoms with van der Waals surface area (Å²) in [5, 5.41) is 11.6. The third kappa shape index (κ3) is 2.80. The average molecular weight is 274 g/mol. The number of aryl methyl sites for hydroxylation is 1. The van der Waals surface area contributed by atoms with Gasteiger partial charge in [-0.2, -0.15) is 0 Å². The molecule has 0 unspecified atom stereocenters. The number of rotatable bonds is 3. The van der Waals surface area contributed by atoms with Crippen molar-refractivity contribution in [1.82, 2.24) is 4.98 Å². The van der Waals surface area contributed by atoms with Crippen LogP contribution in [-0.4, -0.2) is 22.0 Å². The summed E-state index contributed by atoms with van der Waals surface area (Å²) >= 11 is 0. The highest BCUT2D eigenvalue weighted by Crippen LogP contribution is 2.20. The summed E-state index contributed by atoms with van der Waals surface area (Å²) in [5.41, 5.74) is 0.725. The molecule has 0 radical (unpaired) electrons. The maximum atomic E-state index is 12.7. The molecule has 0 spiro atoms. The van der Waals surface area contributed by atoms with E-state index in [0.717, 1.165) is 12.3 Å². The van der Waals surface area contributed by atoms with Gasteiger partial charge in [0.2, 0.25) is 0 Å². The molecule has 20 heavy (non-hydrogen) atoms. The van der Waals surface area contributed by atoms with Crippen molar-refractivity contribution in [3.8, 4) is 0 Å². The molecule has 0 aliphatic heterocycles. The SMILES string of the molecule is Cc1cccc(NC(=O)c2ccc(F)cn2)c1C(=O)O. The molecule has 0 saturated carbocycles. The predicted molar refractivity (Wildman–Crippen MR) is 70.3 cm³/mol. The minimum Gasteiger partial charge on any atom is -0.478 e. The lowest BCUT2D eigenvalue weighted by molar-refractivity contribution is 0.0697. The Morgan fingerprint density at radius 3 is 2.60 bits per heavy atom. The van der Waals surface area contributed by atoms with Crippen LogP contribution in [0, 0.1) is 12.7 Å². The first kappa shape index (κ1) is 13.7. The maximum Gasteiger partial charge on any atom is 0.338 e. The predicted octanol–water partition coefficient (Wildman–Crippen LogP) is 2.48. The molecule has 2 N–H and O–H groups in total. The van der Waals surface area contributed by atoms with E-state index in [4.69, 9.17) is 5.11 Å². The number of nitrogens with one attached hydrogen (secondary N) is 1. The lowest BCUT2D eigenvalue weighted by Gasteiger charge is -2.10. The van der Waals surface area contributed by atoms with Crippen molar-refractivity contribution in [1.29, 1.82) is 0 Å². The van der Waals surface area contributed by atoms with Crippen LogP contribution >= 0.6 is 0 Å². The Hall–Kier alpha value is -2.76. The summed E-state index contributed by atoms with van der Waals surface area (Å²) < 4.78 is 12.7. The van der Waals surface area contributed by atoms with Crippen molar-refractivity contribution in [2.24, 2.45) is 0 Å². The van der Waals surface area contributed by atoms with Crippen molar-refractivity contribution in [2.45, 2.75) is 6.92 Å². The van der Waals surface area contributed by atoms with E-state index >= 15 is 0 Å². The number of nitrogens with zero attached hydrogens (tertiary/aromatic N) is 1. The molecule has 0 bridgehead atoms. The van der Waals surface area contributed by atoms with E-state index in [-0.39, 0.29) is 16.9 Å². The Labute approximate surface area is 114 Å². The first-order valence-electron chi connectivity index (χ1n) is 5.75. The Bertz CT molecular complexity index is 669. The van der Waals surface area contributed by atoms with E-state index in [9.17, 15) is 14.0 Å². The summed E-state index contributed by atoms with van der Waals surface area (Å²) in [5.74, 6) is -2.29. The maximum absolute atomic E-state index is 12.7. The normalized spacial score (nSPS) is 10.1. The van der Waals surface area contributed by atoms with Crippen LogP contribution in [0.5, 0.6) is 0 Å². The van der Waals surface area contributed by atoms with Gasteiger partial charge in [0, 0.05) is 0 Å². The van der Waals surface area contributed by atoms with Gasteiger partial charge in [-0.25, -0.2) is 14.2 Å². The molecule has 6 heteroatoms. The number of aromatic nitrogens is 1. The molecule has 0 atom stereocenters. The van der Waals surface area contributed by atoms with Gasteiger partial charge >= 0.3 is 5.97 Å². The zero-order valence-electron chi connectivity index (χ0n) is 10.6. The highest BCUT2D eigenvalue weighted by atomic mass is 19.1. The van der Waals surface area contributed by atoms with E-state index in [1.165, 1.54) is 12.1 Å². The highest BCUT2D eigenvalue weighted by Gasteiger charge is 2.16. The third-order valence-electron chi connectivity index (χ3n) is 2.69. The second kappa shape index (κ2) is 5.48. The highest BCUT2D eigenvalue weighted by molar-refractivity contribution is 6.07. The summed E-state index contributed by atoms with van der Waals surface area (Å²) in [7, 11) is 0. The van der Waals surface area contributed by atoms with E-state index in [0.29, 0.717) is 5.56 Å². The molecule has 0 aliphatic rings. The molecule has 1 heterocycles. The van der Waals surface area contributed by atoms with Gasteiger partial charge in [0.05, 0.1) is 17.4 Å². The molecule has 0 saturated heterocycles. The second-order valence-electron chi connectivity index (χ2n) is 4.12. The molecular weight excluding hydrogens is 263 g/mol. The quantitative estimate of drug-likeness (QED) is 0.901. The first-order chi connectivity index (χ1) is 9.49. The standard InChI is InChI=1S/C14H11FN2O3/c1-8-3-2-4-10(12(8)14(19)20)17-13(18)11-6-5-9(15)7-16-11/h2-7H,1H3,(H,17,18)(H,19,20). The Morgan fingerprint density at radius 1 is 1.25 bits per heavy atom. The van der Waals surface area contributed by atoms with Crippen LogP contribution in [0.3, 0.4) is 0 Å². The molecule has 2 rings (SSSR count). The number of carbonyl (C=O) groups is 2. The number of hydrogen-bond donors (Lipinski definition) is 2. The number of anilines is 1. The molecule has 1 amide bonds. The van der Waals surface area contributed by atoms with Crippen LogP contribution in [0.25, 0.3) is 0 Å². The van der Waals surface area contributed by atoms with E-state index in [1.807, 2.05) is 0 Å². The third-order valence-corrected chi connectivity index (χ3v) is 2.69. The average Bonchev–Trinajstić information content (AvgIpc) is 2.39. The van der Waals surface area contributed by atoms with Gasteiger partial charge in [-0.3, -0.25) is 4.79 Å². The Balaban J connectivity index is 2.30. The van der Waals surface area contributed by atoms with E-state index < -0.39 is 17.7 Å². The molecule has 2 aromatic rings. The Morgan fingerprint density at radius 2 is 2.00 bits per heavy atom. The minimum absolute atomic E-state index is 0.00393. The van der Waals surface area contributed by atoms with Crippen LogP contribution in [0.1, 0.15) is 26.4 Å². The molecule has 102 valence electrons. The number of hydrogen-bond acceptors (Lipinski definition) is 3. The second-order valence-corrected chi connectivity index (χ2v) is 4.12. The lowest BCUT2D eigenvalue weighted by atomic mass is 10.1.